The molecule has 8 aromatic carbocycles. The lowest BCUT2D eigenvalue weighted by molar-refractivity contribution is 1.11. The van der Waals surface area contributed by atoms with Gasteiger partial charge in [0.1, 0.15) is 0 Å². The highest BCUT2D eigenvalue weighted by atomic mass is 15.2. The zero-order chi connectivity index (χ0) is 38.2. The summed E-state index contributed by atoms with van der Waals surface area (Å²) in [6.07, 6.45) is 1.94. The smallest absolute Gasteiger partial charge is 0.0783 e. The standard InChI is InChI=1S/C53H35N5/c1-3-16-37(17-4-1)55(38-18-5-2-6-19-38)40-29-30-49-45(34-40)43-22-8-9-24-47(43)56(49)41-31-32-54-46(35-41)36-15-13-20-39(33-36)57-50-26-11-12-27-51(50)58-48-25-10-7-21-42(48)44-23-14-28-52(57)53(44)58/h1-35H. The van der Waals surface area contributed by atoms with Crippen LogP contribution in [0, 0.1) is 0 Å². The predicted molar refractivity (Wildman–Crippen MR) is 241 cm³/mol. The van der Waals surface area contributed by atoms with E-state index in [-0.39, 0.29) is 0 Å². The molecule has 3 aromatic heterocycles. The normalized spacial score (nSPS) is 12.1. The molecule has 5 heteroatoms. The Labute approximate surface area is 335 Å². The summed E-state index contributed by atoms with van der Waals surface area (Å²) < 4.78 is 4.80. The Hall–Kier alpha value is -7.89. The van der Waals surface area contributed by atoms with Crippen molar-refractivity contribution < 1.29 is 0 Å². The maximum absolute atomic E-state index is 4.98. The molecule has 1 aliphatic heterocycles. The molecule has 0 spiro atoms. The number of nitrogens with zero attached hydrogens (tertiary/aromatic N) is 5. The summed E-state index contributed by atoms with van der Waals surface area (Å²) in [5, 5.41) is 4.91. The van der Waals surface area contributed by atoms with Crippen molar-refractivity contribution in [2.75, 3.05) is 9.80 Å². The van der Waals surface area contributed by atoms with Crippen LogP contribution in [0.2, 0.25) is 0 Å². The van der Waals surface area contributed by atoms with Crippen molar-refractivity contribution in [2.24, 2.45) is 0 Å². The predicted octanol–water partition coefficient (Wildman–Crippen LogP) is 14.2. The minimum atomic E-state index is 0.916. The van der Waals surface area contributed by atoms with Crippen molar-refractivity contribution in [3.05, 3.63) is 212 Å². The van der Waals surface area contributed by atoms with Crippen LogP contribution in [0.5, 0.6) is 0 Å². The first kappa shape index (κ1) is 32.4. The molecule has 272 valence electrons. The molecule has 1 aliphatic rings. The molecule has 0 atom stereocenters. The van der Waals surface area contributed by atoms with E-state index in [2.05, 4.69) is 225 Å². The molecule has 12 rings (SSSR count). The molecule has 0 saturated carbocycles. The van der Waals surface area contributed by atoms with Crippen molar-refractivity contribution in [2.45, 2.75) is 0 Å². The molecule has 0 bridgehead atoms. The number of pyridine rings is 1. The first-order valence-electron chi connectivity index (χ1n) is 19.7. The van der Waals surface area contributed by atoms with Crippen molar-refractivity contribution in [1.29, 1.82) is 0 Å². The summed E-state index contributed by atoms with van der Waals surface area (Å²) in [5.74, 6) is 0. The van der Waals surface area contributed by atoms with Crippen LogP contribution >= 0.6 is 0 Å². The van der Waals surface area contributed by atoms with Gasteiger partial charge in [-0.05, 0) is 97.1 Å². The molecule has 5 nitrogen and oxygen atoms in total. The van der Waals surface area contributed by atoms with Gasteiger partial charge in [-0.2, -0.15) is 0 Å². The maximum atomic E-state index is 4.98. The van der Waals surface area contributed by atoms with Crippen LogP contribution in [0.4, 0.5) is 34.1 Å². The molecular weight excluding hydrogens is 707 g/mol. The second-order valence-electron chi connectivity index (χ2n) is 14.9. The van der Waals surface area contributed by atoms with Gasteiger partial charge < -0.3 is 18.9 Å². The summed E-state index contributed by atoms with van der Waals surface area (Å²) in [6.45, 7) is 0. The van der Waals surface area contributed by atoms with Crippen molar-refractivity contribution in [3.8, 4) is 22.6 Å². The molecule has 0 amide bonds. The molecule has 0 aliphatic carbocycles. The fourth-order valence-corrected chi connectivity index (χ4v) is 9.18. The van der Waals surface area contributed by atoms with E-state index in [1.165, 1.54) is 38.3 Å². The number of hydrogen-bond donors (Lipinski definition) is 0. The van der Waals surface area contributed by atoms with Gasteiger partial charge in [0, 0.05) is 61.7 Å². The van der Waals surface area contributed by atoms with E-state index in [4.69, 9.17) is 4.98 Å². The monoisotopic (exact) mass is 741 g/mol. The highest BCUT2D eigenvalue weighted by Crippen LogP contribution is 2.50. The quantitative estimate of drug-likeness (QED) is 0.170. The third-order valence-electron chi connectivity index (χ3n) is 11.6. The Balaban J connectivity index is 0.988. The van der Waals surface area contributed by atoms with E-state index in [0.717, 1.165) is 62.1 Å². The second kappa shape index (κ2) is 12.8. The van der Waals surface area contributed by atoms with Gasteiger partial charge in [0.15, 0.2) is 0 Å². The van der Waals surface area contributed by atoms with Gasteiger partial charge >= 0.3 is 0 Å². The van der Waals surface area contributed by atoms with Crippen LogP contribution in [0.1, 0.15) is 0 Å². The Morgan fingerprint density at radius 1 is 0.362 bits per heavy atom. The molecular formula is C53H35N5. The lowest BCUT2D eigenvalue weighted by Gasteiger charge is -2.33. The first-order valence-corrected chi connectivity index (χ1v) is 19.7. The Kier molecular flexibility index (Phi) is 7.16. The maximum Gasteiger partial charge on any atom is 0.0783 e. The SMILES string of the molecule is c1ccc(N(c2ccccc2)c2ccc3c(c2)c2ccccc2n3-c2ccnc(-c3cccc(N4c5ccccc5-n5c6ccccc6c6cccc4c65)c3)c2)cc1. The third kappa shape index (κ3) is 4.87. The number of aromatic nitrogens is 3. The molecule has 0 N–H and O–H groups in total. The van der Waals surface area contributed by atoms with Gasteiger partial charge in [-0.25, -0.2) is 0 Å². The number of hydrogen-bond acceptors (Lipinski definition) is 3. The van der Waals surface area contributed by atoms with E-state index in [1.54, 1.807) is 0 Å². The summed E-state index contributed by atoms with van der Waals surface area (Å²) >= 11 is 0. The Morgan fingerprint density at radius 2 is 0.966 bits per heavy atom. The van der Waals surface area contributed by atoms with E-state index < -0.39 is 0 Å². The van der Waals surface area contributed by atoms with Crippen molar-refractivity contribution in [3.63, 3.8) is 0 Å². The fraction of sp³-hybridized carbons (Fsp3) is 0. The molecule has 0 unspecified atom stereocenters. The number of fused-ring (bicyclic) bond motifs is 8. The number of para-hydroxylation sites is 7. The van der Waals surface area contributed by atoms with Gasteiger partial charge in [0.05, 0.1) is 44.8 Å². The summed E-state index contributed by atoms with van der Waals surface area (Å²) in [6, 6.07) is 74.0. The molecule has 11 aromatic rings. The van der Waals surface area contributed by atoms with E-state index in [0.29, 0.717) is 0 Å². The van der Waals surface area contributed by atoms with Gasteiger partial charge in [-0.15, -0.1) is 0 Å². The lowest BCUT2D eigenvalue weighted by atomic mass is 10.1. The first-order chi connectivity index (χ1) is 28.8. The van der Waals surface area contributed by atoms with E-state index in [1.807, 2.05) is 6.20 Å². The Bertz CT molecular complexity index is 3320. The van der Waals surface area contributed by atoms with Gasteiger partial charge in [-0.3, -0.25) is 4.98 Å². The van der Waals surface area contributed by atoms with Crippen molar-refractivity contribution >= 4 is 77.7 Å². The second-order valence-corrected chi connectivity index (χ2v) is 14.9. The average Bonchev–Trinajstić information content (AvgIpc) is 3.81. The lowest BCUT2D eigenvalue weighted by Crippen LogP contribution is -2.18. The molecule has 0 radical (unpaired) electrons. The minimum Gasteiger partial charge on any atom is -0.310 e. The summed E-state index contributed by atoms with van der Waals surface area (Å²) in [4.78, 5) is 9.70. The van der Waals surface area contributed by atoms with E-state index in [9.17, 15) is 0 Å². The van der Waals surface area contributed by atoms with Gasteiger partial charge in [0.25, 0.3) is 0 Å². The van der Waals surface area contributed by atoms with Gasteiger partial charge in [-0.1, -0.05) is 109 Å². The van der Waals surface area contributed by atoms with Gasteiger partial charge in [0.2, 0.25) is 0 Å². The third-order valence-corrected chi connectivity index (χ3v) is 11.6. The number of benzene rings is 8. The van der Waals surface area contributed by atoms with Crippen LogP contribution in [-0.2, 0) is 0 Å². The van der Waals surface area contributed by atoms with Crippen LogP contribution < -0.4 is 9.80 Å². The van der Waals surface area contributed by atoms with Crippen LogP contribution in [0.3, 0.4) is 0 Å². The zero-order valence-corrected chi connectivity index (χ0v) is 31.4. The zero-order valence-electron chi connectivity index (χ0n) is 31.4. The highest BCUT2D eigenvalue weighted by molar-refractivity contribution is 6.16. The number of anilines is 6. The number of rotatable bonds is 6. The van der Waals surface area contributed by atoms with Crippen molar-refractivity contribution in [1.82, 2.24) is 14.1 Å². The molecule has 0 saturated heterocycles. The summed E-state index contributed by atoms with van der Waals surface area (Å²) in [7, 11) is 0. The summed E-state index contributed by atoms with van der Waals surface area (Å²) in [5.41, 5.74) is 15.7. The van der Waals surface area contributed by atoms with E-state index >= 15 is 0 Å². The highest BCUT2D eigenvalue weighted by Gasteiger charge is 2.28. The largest absolute Gasteiger partial charge is 0.310 e. The van der Waals surface area contributed by atoms with Crippen LogP contribution in [-0.4, -0.2) is 14.1 Å². The Morgan fingerprint density at radius 3 is 1.74 bits per heavy atom. The molecule has 58 heavy (non-hydrogen) atoms. The minimum absolute atomic E-state index is 0.916. The topological polar surface area (TPSA) is 29.2 Å². The average molecular weight is 742 g/mol. The fourth-order valence-electron chi connectivity index (χ4n) is 9.18. The van der Waals surface area contributed by atoms with Crippen LogP contribution in [0.15, 0.2) is 212 Å². The molecule has 4 heterocycles. The van der Waals surface area contributed by atoms with Crippen LogP contribution in [0.25, 0.3) is 66.2 Å². The molecule has 0 fully saturated rings.